The standard InChI is InChI=1S/C23H31N3O4S/c1-25-13-10-18-14-17(6-8-20(18)25)21(26-11-4-5-12-26)16-24-31(27,28)23-15-19(29-2)7-9-22(23)30-3/h6-9,14-15,21,24H,4-5,10-13,16H2,1-3H3/t21-/m0/s1. The van der Waals surface area contributed by atoms with Crippen molar-refractivity contribution >= 4 is 15.7 Å². The van der Waals surface area contributed by atoms with Crippen LogP contribution in [-0.2, 0) is 16.4 Å². The lowest BCUT2D eigenvalue weighted by Crippen LogP contribution is -2.37. The van der Waals surface area contributed by atoms with Gasteiger partial charge in [0.1, 0.15) is 16.4 Å². The summed E-state index contributed by atoms with van der Waals surface area (Å²) >= 11 is 0. The summed E-state index contributed by atoms with van der Waals surface area (Å²) in [5.74, 6) is 0.770. The molecule has 0 spiro atoms. The van der Waals surface area contributed by atoms with Crippen LogP contribution in [0.15, 0.2) is 41.3 Å². The van der Waals surface area contributed by atoms with E-state index in [1.165, 1.54) is 31.5 Å². The molecule has 8 heteroatoms. The second-order valence-corrected chi connectivity index (χ2v) is 9.92. The SMILES string of the molecule is COc1ccc(OC)c(S(=O)(=O)NC[C@@H](c2ccc3c(c2)CCN3C)N2CCCC2)c1. The van der Waals surface area contributed by atoms with Crippen LogP contribution in [-0.4, -0.2) is 60.8 Å². The van der Waals surface area contributed by atoms with Crippen molar-refractivity contribution in [2.45, 2.75) is 30.2 Å². The second-order valence-electron chi connectivity index (χ2n) is 8.19. The van der Waals surface area contributed by atoms with Crippen molar-refractivity contribution < 1.29 is 17.9 Å². The van der Waals surface area contributed by atoms with E-state index in [1.54, 1.807) is 12.1 Å². The fraction of sp³-hybridized carbons (Fsp3) is 0.478. The molecule has 2 aromatic rings. The first-order valence-electron chi connectivity index (χ1n) is 10.7. The molecule has 0 aromatic heterocycles. The highest BCUT2D eigenvalue weighted by molar-refractivity contribution is 7.89. The minimum atomic E-state index is -3.78. The molecular weight excluding hydrogens is 414 g/mol. The Morgan fingerprint density at radius 1 is 1.03 bits per heavy atom. The lowest BCUT2D eigenvalue weighted by molar-refractivity contribution is 0.246. The third kappa shape index (κ3) is 4.51. The van der Waals surface area contributed by atoms with Gasteiger partial charge in [0, 0.05) is 37.9 Å². The van der Waals surface area contributed by atoms with Crippen LogP contribution >= 0.6 is 0 Å². The first-order valence-corrected chi connectivity index (χ1v) is 12.2. The summed E-state index contributed by atoms with van der Waals surface area (Å²) in [5.41, 5.74) is 3.77. The summed E-state index contributed by atoms with van der Waals surface area (Å²) in [4.78, 5) is 4.73. The van der Waals surface area contributed by atoms with E-state index in [-0.39, 0.29) is 10.9 Å². The van der Waals surface area contributed by atoms with Gasteiger partial charge in [-0.15, -0.1) is 0 Å². The summed E-state index contributed by atoms with van der Waals surface area (Å²) in [6.45, 7) is 3.28. The van der Waals surface area contributed by atoms with Gasteiger partial charge in [0.15, 0.2) is 0 Å². The van der Waals surface area contributed by atoms with Crippen molar-refractivity contribution in [1.29, 1.82) is 0 Å². The Kier molecular flexibility index (Phi) is 6.41. The van der Waals surface area contributed by atoms with Crippen molar-refractivity contribution in [1.82, 2.24) is 9.62 Å². The van der Waals surface area contributed by atoms with Crippen LogP contribution in [0.5, 0.6) is 11.5 Å². The second kappa shape index (κ2) is 9.06. The number of benzene rings is 2. The number of likely N-dealkylation sites (N-methyl/N-ethyl adjacent to an activating group) is 1. The largest absolute Gasteiger partial charge is 0.497 e. The summed E-state index contributed by atoms with van der Waals surface area (Å²) in [6.07, 6.45) is 3.31. The number of sulfonamides is 1. The zero-order valence-corrected chi connectivity index (χ0v) is 19.2. The molecule has 1 fully saturated rings. The molecule has 4 rings (SSSR count). The molecule has 1 N–H and O–H groups in total. The van der Waals surface area contributed by atoms with Gasteiger partial charge in [0.2, 0.25) is 10.0 Å². The molecule has 0 amide bonds. The van der Waals surface area contributed by atoms with Crippen molar-refractivity contribution in [3.63, 3.8) is 0 Å². The van der Waals surface area contributed by atoms with E-state index < -0.39 is 10.0 Å². The van der Waals surface area contributed by atoms with Crippen LogP contribution in [0.2, 0.25) is 0 Å². The van der Waals surface area contributed by atoms with Gasteiger partial charge in [-0.2, -0.15) is 0 Å². The van der Waals surface area contributed by atoms with E-state index in [0.29, 0.717) is 18.0 Å². The Bertz CT molecular complexity index is 1040. The van der Waals surface area contributed by atoms with Crippen molar-refractivity contribution in [3.05, 3.63) is 47.5 Å². The van der Waals surface area contributed by atoms with Crippen LogP contribution in [0.25, 0.3) is 0 Å². The molecule has 0 unspecified atom stereocenters. The summed E-state index contributed by atoms with van der Waals surface area (Å²) in [7, 11) is 1.31. The summed E-state index contributed by atoms with van der Waals surface area (Å²) in [6, 6.07) is 11.4. The van der Waals surface area contributed by atoms with Crippen LogP contribution < -0.4 is 19.1 Å². The fourth-order valence-corrected chi connectivity index (χ4v) is 5.79. The first kappa shape index (κ1) is 21.9. The zero-order valence-electron chi connectivity index (χ0n) is 18.4. The van der Waals surface area contributed by atoms with E-state index >= 15 is 0 Å². The van der Waals surface area contributed by atoms with Crippen molar-refractivity contribution in [3.8, 4) is 11.5 Å². The highest BCUT2D eigenvalue weighted by atomic mass is 32.2. The normalized spacial score (nSPS) is 17.6. The Balaban J connectivity index is 1.60. The van der Waals surface area contributed by atoms with Gasteiger partial charge in [-0.1, -0.05) is 12.1 Å². The molecule has 2 aliphatic heterocycles. The summed E-state index contributed by atoms with van der Waals surface area (Å²) < 4.78 is 39.7. The maximum atomic E-state index is 13.2. The molecular formula is C23H31N3O4S. The van der Waals surface area contributed by atoms with Crippen LogP contribution in [0.4, 0.5) is 5.69 Å². The Labute approximate surface area is 185 Å². The number of hydrogen-bond acceptors (Lipinski definition) is 6. The Hall–Kier alpha value is -2.29. The third-order valence-electron chi connectivity index (χ3n) is 6.32. The molecule has 31 heavy (non-hydrogen) atoms. The number of anilines is 1. The Morgan fingerprint density at radius 3 is 2.52 bits per heavy atom. The quantitative estimate of drug-likeness (QED) is 0.674. The van der Waals surface area contributed by atoms with Crippen molar-refractivity contribution in [2.75, 3.05) is 52.3 Å². The molecule has 0 bridgehead atoms. The smallest absolute Gasteiger partial charge is 0.244 e. The molecule has 0 saturated carbocycles. The molecule has 2 aliphatic rings. The number of methoxy groups -OCH3 is 2. The van der Waals surface area contributed by atoms with E-state index in [2.05, 4.69) is 39.8 Å². The minimum absolute atomic E-state index is 0.00918. The lowest BCUT2D eigenvalue weighted by atomic mass is 10.0. The third-order valence-corrected chi connectivity index (χ3v) is 7.77. The molecule has 1 atom stereocenters. The van der Waals surface area contributed by atoms with Crippen molar-refractivity contribution in [2.24, 2.45) is 0 Å². The van der Waals surface area contributed by atoms with Gasteiger partial charge in [-0.25, -0.2) is 13.1 Å². The number of ether oxygens (including phenoxy) is 2. The van der Waals surface area contributed by atoms with Crippen LogP contribution in [0, 0.1) is 0 Å². The molecule has 2 aromatic carbocycles. The Morgan fingerprint density at radius 2 is 1.81 bits per heavy atom. The summed E-state index contributed by atoms with van der Waals surface area (Å²) in [5, 5.41) is 0. The number of likely N-dealkylation sites (tertiary alicyclic amines) is 1. The van der Waals surface area contributed by atoms with E-state index in [4.69, 9.17) is 9.47 Å². The maximum Gasteiger partial charge on any atom is 0.244 e. The van der Waals surface area contributed by atoms with E-state index in [9.17, 15) is 8.42 Å². The lowest BCUT2D eigenvalue weighted by Gasteiger charge is -2.29. The van der Waals surface area contributed by atoms with E-state index in [1.807, 2.05) is 0 Å². The molecule has 0 radical (unpaired) electrons. The average molecular weight is 446 g/mol. The number of nitrogens with one attached hydrogen (secondary N) is 1. The minimum Gasteiger partial charge on any atom is -0.497 e. The monoisotopic (exact) mass is 445 g/mol. The topological polar surface area (TPSA) is 71.1 Å². The average Bonchev–Trinajstić information content (AvgIpc) is 3.44. The number of fused-ring (bicyclic) bond motifs is 1. The number of hydrogen-bond donors (Lipinski definition) is 1. The fourth-order valence-electron chi connectivity index (χ4n) is 4.57. The predicted octanol–water partition coefficient (Wildman–Crippen LogP) is 2.81. The molecule has 0 aliphatic carbocycles. The zero-order chi connectivity index (χ0) is 22.0. The van der Waals surface area contributed by atoms with Gasteiger partial charge < -0.3 is 14.4 Å². The number of rotatable bonds is 8. The van der Waals surface area contributed by atoms with Gasteiger partial charge in [-0.3, -0.25) is 4.90 Å². The molecule has 1 saturated heterocycles. The highest BCUT2D eigenvalue weighted by Gasteiger charge is 2.28. The van der Waals surface area contributed by atoms with Gasteiger partial charge in [0.05, 0.1) is 14.2 Å². The predicted molar refractivity (Wildman–Crippen MR) is 122 cm³/mol. The van der Waals surface area contributed by atoms with E-state index in [0.717, 1.165) is 44.5 Å². The number of nitrogens with zero attached hydrogens (tertiary/aromatic N) is 2. The van der Waals surface area contributed by atoms with Gasteiger partial charge in [0.25, 0.3) is 0 Å². The van der Waals surface area contributed by atoms with Gasteiger partial charge >= 0.3 is 0 Å². The first-order chi connectivity index (χ1) is 14.9. The highest BCUT2D eigenvalue weighted by Crippen LogP contribution is 2.33. The van der Waals surface area contributed by atoms with Crippen LogP contribution in [0.1, 0.15) is 30.0 Å². The molecule has 2 heterocycles. The molecule has 7 nitrogen and oxygen atoms in total. The van der Waals surface area contributed by atoms with Gasteiger partial charge in [-0.05, 0) is 61.7 Å². The maximum absolute atomic E-state index is 13.2. The molecule has 168 valence electrons. The van der Waals surface area contributed by atoms with Crippen LogP contribution in [0.3, 0.4) is 0 Å².